The van der Waals surface area contributed by atoms with Gasteiger partial charge in [-0.25, -0.2) is 0 Å². The Hall–Kier alpha value is -2.86. The topological polar surface area (TPSA) is 59.8 Å². The number of amides is 1. The van der Waals surface area contributed by atoms with Gasteiger partial charge in [0.15, 0.2) is 11.0 Å². The molecule has 0 aliphatic rings. The lowest BCUT2D eigenvalue weighted by Gasteiger charge is -2.11. The van der Waals surface area contributed by atoms with Crippen molar-refractivity contribution in [2.24, 2.45) is 0 Å². The molecule has 1 N–H and O–H groups in total. The van der Waals surface area contributed by atoms with Gasteiger partial charge in [0.25, 0.3) is 0 Å². The van der Waals surface area contributed by atoms with Gasteiger partial charge >= 0.3 is 0 Å². The van der Waals surface area contributed by atoms with E-state index in [1.165, 1.54) is 17.3 Å². The lowest BCUT2D eigenvalue weighted by Crippen LogP contribution is -2.14. The highest BCUT2D eigenvalue weighted by Gasteiger charge is 2.15. The molecule has 1 atom stereocenters. The maximum absolute atomic E-state index is 12.4. The zero-order chi connectivity index (χ0) is 20.6. The SMILES string of the molecule is C=CCn1c(SCC(=O)Nc2ccc([C@H](C)CC)cc2)nnc1-c1ccccc1. The second-order valence-corrected chi connectivity index (χ2v) is 7.78. The van der Waals surface area contributed by atoms with Gasteiger partial charge in [0.05, 0.1) is 5.75 Å². The third-order valence-corrected chi connectivity index (χ3v) is 5.74. The molecule has 29 heavy (non-hydrogen) atoms. The second kappa shape index (κ2) is 10.1. The Kier molecular flexibility index (Phi) is 7.25. The van der Waals surface area contributed by atoms with Crippen LogP contribution in [0.4, 0.5) is 5.69 Å². The Balaban J connectivity index is 1.64. The van der Waals surface area contributed by atoms with Crippen molar-refractivity contribution in [2.75, 3.05) is 11.1 Å². The van der Waals surface area contributed by atoms with E-state index in [9.17, 15) is 4.79 Å². The first-order valence-corrected chi connectivity index (χ1v) is 10.7. The minimum atomic E-state index is -0.0688. The predicted molar refractivity (Wildman–Crippen MR) is 120 cm³/mol. The Labute approximate surface area is 176 Å². The van der Waals surface area contributed by atoms with Gasteiger partial charge in [0.2, 0.25) is 5.91 Å². The molecule has 6 heteroatoms. The van der Waals surface area contributed by atoms with E-state index in [2.05, 4.69) is 48.1 Å². The van der Waals surface area contributed by atoms with Crippen LogP contribution in [0.5, 0.6) is 0 Å². The summed E-state index contributed by atoms with van der Waals surface area (Å²) in [5.74, 6) is 1.48. The molecule has 1 amide bonds. The number of benzene rings is 2. The molecule has 0 radical (unpaired) electrons. The summed E-state index contributed by atoms with van der Waals surface area (Å²) in [6.45, 7) is 8.78. The number of thioether (sulfide) groups is 1. The molecule has 0 aliphatic heterocycles. The van der Waals surface area contributed by atoms with Gasteiger partial charge in [0, 0.05) is 17.8 Å². The summed E-state index contributed by atoms with van der Waals surface area (Å²) in [6.07, 6.45) is 2.90. The van der Waals surface area contributed by atoms with Crippen LogP contribution in [0.3, 0.4) is 0 Å². The zero-order valence-corrected chi connectivity index (χ0v) is 17.7. The fourth-order valence-corrected chi connectivity index (χ4v) is 3.70. The normalized spacial score (nSPS) is 11.8. The first kappa shape index (κ1) is 20.9. The molecule has 1 heterocycles. The standard InChI is InChI=1S/C23H26N4OS/c1-4-15-27-22(19-9-7-6-8-10-19)25-26-23(27)29-16-21(28)24-20-13-11-18(12-14-20)17(3)5-2/h4,6-14,17H,1,5,15-16H2,2-3H3,(H,24,28)/t17-/m1/s1. The number of rotatable bonds is 9. The van der Waals surface area contributed by atoms with Crippen LogP contribution >= 0.6 is 11.8 Å². The number of anilines is 1. The van der Waals surface area contributed by atoms with Crippen LogP contribution < -0.4 is 5.32 Å². The van der Waals surface area contributed by atoms with Crippen molar-refractivity contribution in [1.82, 2.24) is 14.8 Å². The average Bonchev–Trinajstić information content (AvgIpc) is 3.16. The smallest absolute Gasteiger partial charge is 0.234 e. The lowest BCUT2D eigenvalue weighted by molar-refractivity contribution is -0.113. The van der Waals surface area contributed by atoms with Gasteiger partial charge in [-0.15, -0.1) is 16.8 Å². The molecule has 2 aromatic carbocycles. The molecule has 3 rings (SSSR count). The summed E-state index contributed by atoms with van der Waals surface area (Å²) in [5, 5.41) is 12.2. The number of nitrogens with zero attached hydrogens (tertiary/aromatic N) is 3. The van der Waals surface area contributed by atoms with E-state index in [-0.39, 0.29) is 11.7 Å². The van der Waals surface area contributed by atoms with Gasteiger partial charge < -0.3 is 5.32 Å². The highest BCUT2D eigenvalue weighted by atomic mass is 32.2. The Bertz CT molecular complexity index is 951. The molecule has 0 fully saturated rings. The van der Waals surface area contributed by atoms with E-state index < -0.39 is 0 Å². The van der Waals surface area contributed by atoms with E-state index in [1.54, 1.807) is 6.08 Å². The number of allylic oxidation sites excluding steroid dienone is 1. The molecular weight excluding hydrogens is 380 g/mol. The summed E-state index contributed by atoms with van der Waals surface area (Å²) >= 11 is 1.37. The van der Waals surface area contributed by atoms with Crippen molar-refractivity contribution >= 4 is 23.4 Å². The van der Waals surface area contributed by atoms with Gasteiger partial charge in [-0.2, -0.15) is 0 Å². The molecule has 0 aliphatic carbocycles. The van der Waals surface area contributed by atoms with Crippen LogP contribution in [0.2, 0.25) is 0 Å². The zero-order valence-electron chi connectivity index (χ0n) is 16.8. The van der Waals surface area contributed by atoms with Crippen molar-refractivity contribution < 1.29 is 4.79 Å². The quantitative estimate of drug-likeness (QED) is 0.383. The Morgan fingerprint density at radius 1 is 1.17 bits per heavy atom. The molecule has 0 unspecified atom stereocenters. The summed E-state index contributed by atoms with van der Waals surface area (Å²) in [7, 11) is 0. The summed E-state index contributed by atoms with van der Waals surface area (Å²) in [6, 6.07) is 17.9. The van der Waals surface area contributed by atoms with Crippen LogP contribution in [-0.4, -0.2) is 26.4 Å². The van der Waals surface area contributed by atoms with Crippen LogP contribution in [0.15, 0.2) is 72.4 Å². The lowest BCUT2D eigenvalue weighted by atomic mass is 9.99. The number of nitrogens with one attached hydrogen (secondary N) is 1. The third-order valence-electron chi connectivity index (χ3n) is 4.77. The number of aromatic nitrogens is 3. The molecule has 5 nitrogen and oxygen atoms in total. The van der Waals surface area contributed by atoms with Crippen molar-refractivity contribution in [1.29, 1.82) is 0 Å². The van der Waals surface area contributed by atoms with Gasteiger partial charge in [-0.1, -0.05) is 74.1 Å². The van der Waals surface area contributed by atoms with Crippen LogP contribution in [-0.2, 0) is 11.3 Å². The molecule has 3 aromatic rings. The molecular formula is C23H26N4OS. The first-order chi connectivity index (χ1) is 14.1. The molecule has 150 valence electrons. The van der Waals surface area contributed by atoms with Gasteiger partial charge in [-0.05, 0) is 30.0 Å². The van der Waals surface area contributed by atoms with Gasteiger partial charge in [0.1, 0.15) is 0 Å². The van der Waals surface area contributed by atoms with Crippen molar-refractivity contribution in [3.05, 3.63) is 72.8 Å². The third kappa shape index (κ3) is 5.35. The molecule has 0 saturated heterocycles. The maximum Gasteiger partial charge on any atom is 0.234 e. The van der Waals surface area contributed by atoms with Gasteiger partial charge in [-0.3, -0.25) is 9.36 Å². The summed E-state index contributed by atoms with van der Waals surface area (Å²) in [5.41, 5.74) is 3.07. The number of carbonyl (C=O) groups excluding carboxylic acids is 1. The van der Waals surface area contributed by atoms with E-state index in [4.69, 9.17) is 0 Å². The predicted octanol–water partition coefficient (Wildman–Crippen LogP) is 5.38. The maximum atomic E-state index is 12.4. The molecule has 0 bridgehead atoms. The Morgan fingerprint density at radius 2 is 1.90 bits per heavy atom. The highest BCUT2D eigenvalue weighted by Crippen LogP contribution is 2.24. The summed E-state index contributed by atoms with van der Waals surface area (Å²) in [4.78, 5) is 12.4. The number of hydrogen-bond donors (Lipinski definition) is 1. The van der Waals surface area contributed by atoms with E-state index >= 15 is 0 Å². The van der Waals surface area contributed by atoms with Crippen molar-refractivity contribution in [3.63, 3.8) is 0 Å². The minimum absolute atomic E-state index is 0.0688. The average molecular weight is 407 g/mol. The van der Waals surface area contributed by atoms with Crippen LogP contribution in [0.25, 0.3) is 11.4 Å². The fraction of sp³-hybridized carbons (Fsp3) is 0.261. The Morgan fingerprint density at radius 3 is 2.55 bits per heavy atom. The van der Waals surface area contributed by atoms with Crippen molar-refractivity contribution in [3.8, 4) is 11.4 Å². The summed E-state index contributed by atoms with van der Waals surface area (Å²) < 4.78 is 1.97. The van der Waals surface area contributed by atoms with Crippen molar-refractivity contribution in [2.45, 2.75) is 37.9 Å². The van der Waals surface area contributed by atoms with Crippen LogP contribution in [0.1, 0.15) is 31.7 Å². The van der Waals surface area contributed by atoms with E-state index in [1.807, 2.05) is 47.0 Å². The molecule has 1 aromatic heterocycles. The largest absolute Gasteiger partial charge is 0.325 e. The van der Waals surface area contributed by atoms with E-state index in [0.29, 0.717) is 17.6 Å². The first-order valence-electron chi connectivity index (χ1n) is 9.74. The highest BCUT2D eigenvalue weighted by molar-refractivity contribution is 7.99. The molecule has 0 spiro atoms. The molecule has 0 saturated carbocycles. The monoisotopic (exact) mass is 406 g/mol. The van der Waals surface area contributed by atoms with E-state index in [0.717, 1.165) is 23.5 Å². The number of hydrogen-bond acceptors (Lipinski definition) is 4. The minimum Gasteiger partial charge on any atom is -0.325 e. The fourth-order valence-electron chi connectivity index (χ4n) is 2.95. The number of carbonyl (C=O) groups is 1. The second-order valence-electron chi connectivity index (χ2n) is 6.84. The van der Waals surface area contributed by atoms with Crippen LogP contribution in [0, 0.1) is 0 Å².